The normalized spacial score (nSPS) is 14.0. The number of unbranched alkanes of at least 4 members (excludes halogenated alkanes) is 6. The van der Waals surface area contributed by atoms with E-state index in [2.05, 4.69) is 82.4 Å². The molecule has 0 N–H and O–H groups in total. The molecule has 1 aliphatic carbocycles. The molecule has 0 fully saturated rings. The van der Waals surface area contributed by atoms with Crippen LogP contribution in [-0.4, -0.2) is 8.07 Å². The molecule has 2 aromatic rings. The Bertz CT molecular complexity index is 865. The molecule has 1 aliphatic rings. The van der Waals surface area contributed by atoms with Gasteiger partial charge in [0.15, 0.2) is 0 Å². The van der Waals surface area contributed by atoms with Gasteiger partial charge in [-0.2, -0.15) is 17.7 Å². The van der Waals surface area contributed by atoms with Crippen molar-refractivity contribution in [3.8, 4) is 0 Å². The van der Waals surface area contributed by atoms with Crippen LogP contribution in [-0.2, 0) is 34.6 Å². The Labute approximate surface area is 250 Å². The van der Waals surface area contributed by atoms with Gasteiger partial charge in [-0.25, -0.2) is 0 Å². The minimum absolute atomic E-state index is 0. The van der Waals surface area contributed by atoms with Crippen LogP contribution in [0.4, 0.5) is 0 Å². The van der Waals surface area contributed by atoms with Crippen LogP contribution in [0.1, 0.15) is 99.9 Å². The van der Waals surface area contributed by atoms with E-state index in [9.17, 15) is 0 Å². The van der Waals surface area contributed by atoms with Crippen LogP contribution in [0, 0.1) is 6.08 Å². The molecule has 0 amide bonds. The zero-order valence-electron chi connectivity index (χ0n) is 22.3. The monoisotopic (exact) mass is 584 g/mol. The average molecular weight is 586 g/mol. The van der Waals surface area contributed by atoms with Crippen LogP contribution >= 0.6 is 0 Å². The van der Waals surface area contributed by atoms with Gasteiger partial charge in [-0.1, -0.05) is 107 Å². The van der Waals surface area contributed by atoms with Gasteiger partial charge >= 0.3 is 21.7 Å². The van der Waals surface area contributed by atoms with Crippen molar-refractivity contribution in [3.63, 3.8) is 0 Å². The first-order chi connectivity index (χ1) is 15.0. The van der Waals surface area contributed by atoms with Crippen molar-refractivity contribution in [2.75, 3.05) is 0 Å². The van der Waals surface area contributed by atoms with Crippen molar-refractivity contribution in [2.45, 2.75) is 104 Å². The third kappa shape index (κ3) is 9.99. The van der Waals surface area contributed by atoms with Gasteiger partial charge in [-0.05, 0) is 36.8 Å². The summed E-state index contributed by atoms with van der Waals surface area (Å²) in [6.07, 6.45) is 16.9. The third-order valence-electron chi connectivity index (χ3n) is 7.19. The maximum absolute atomic E-state index is 3.70. The van der Waals surface area contributed by atoms with Crippen LogP contribution < -0.4 is 42.4 Å². The van der Waals surface area contributed by atoms with Crippen molar-refractivity contribution in [1.82, 2.24) is 0 Å². The van der Waals surface area contributed by atoms with Crippen LogP contribution in [0.5, 0.6) is 0 Å². The molecular weight excluding hydrogens is 543 g/mol. The van der Waals surface area contributed by atoms with Crippen molar-refractivity contribution >= 4 is 13.3 Å². The minimum Gasteiger partial charge on any atom is -1.00 e. The molecular formula is C30H43Cl3SiTi. The Morgan fingerprint density at radius 2 is 1.26 bits per heavy atom. The van der Waals surface area contributed by atoms with Crippen LogP contribution in [0.3, 0.4) is 0 Å². The zero-order chi connectivity index (χ0) is 22.3. The van der Waals surface area contributed by atoms with Crippen LogP contribution in [0.15, 0.2) is 48.0 Å². The molecule has 0 nitrogen and oxygen atoms in total. The summed E-state index contributed by atoms with van der Waals surface area (Å²) in [7, 11) is -1.73. The number of fused-ring (bicyclic) bond motifs is 1. The van der Waals surface area contributed by atoms with Gasteiger partial charge in [0.2, 0.25) is 0 Å². The van der Waals surface area contributed by atoms with Gasteiger partial charge in [0.05, 0.1) is 8.07 Å². The van der Waals surface area contributed by atoms with Crippen molar-refractivity contribution in [2.24, 2.45) is 0 Å². The second-order valence-electron chi connectivity index (χ2n) is 10.2. The summed E-state index contributed by atoms with van der Waals surface area (Å²) in [6, 6.07) is 16.7. The molecule has 0 spiro atoms. The second-order valence-corrected chi connectivity index (χ2v) is 14.8. The molecule has 5 heteroatoms. The van der Waals surface area contributed by atoms with Gasteiger partial charge in [0.25, 0.3) is 0 Å². The predicted octanol–water partition coefficient (Wildman–Crippen LogP) is -0.709. The quantitative estimate of drug-likeness (QED) is 0.176. The zero-order valence-corrected chi connectivity index (χ0v) is 27.2. The summed E-state index contributed by atoms with van der Waals surface area (Å²) in [5.41, 5.74) is 7.98. The summed E-state index contributed by atoms with van der Waals surface area (Å²) in [6.45, 7) is 12.1. The third-order valence-corrected chi connectivity index (χ3v) is 11.2. The van der Waals surface area contributed by atoms with Gasteiger partial charge in [0, 0.05) is 0 Å². The summed E-state index contributed by atoms with van der Waals surface area (Å²) in [5.74, 6) is 0. The Morgan fingerprint density at radius 3 is 1.77 bits per heavy atom. The molecule has 192 valence electrons. The number of aryl methyl sites for hydroxylation is 2. The number of benzene rings is 2. The van der Waals surface area contributed by atoms with E-state index in [1.165, 1.54) is 80.9 Å². The summed E-state index contributed by atoms with van der Waals surface area (Å²) < 4.78 is 0. The predicted molar refractivity (Wildman–Crippen MR) is 140 cm³/mol. The van der Waals surface area contributed by atoms with E-state index < -0.39 is 8.07 Å². The minimum atomic E-state index is -1.73. The fourth-order valence-electron chi connectivity index (χ4n) is 5.41. The first-order valence-corrected chi connectivity index (χ1v) is 15.9. The summed E-state index contributed by atoms with van der Waals surface area (Å²) >= 11 is 0. The first-order valence-electron chi connectivity index (χ1n) is 12.8. The first kappa shape index (κ1) is 37.1. The molecule has 0 saturated heterocycles. The number of rotatable bonds is 12. The SMILES string of the molecule is CCCCCCc1cc(CCCCCC)cc([Si](C)(C)C2C(C)=[C-]c3ccccc32)c1.[Cl-].[Cl-].[Cl-].[Ti+4]. The van der Waals surface area contributed by atoms with Crippen LogP contribution in [0.25, 0.3) is 0 Å². The van der Waals surface area contributed by atoms with Gasteiger partial charge in [-0.3, -0.25) is 0 Å². The standard InChI is InChI=1S/C30H43Si.3ClH.Ti/c1-6-8-10-12-16-25-21-26(17-13-11-9-7-2)23-28(22-25)31(4,5)30-24(3)20-27-18-14-15-19-29(27)30;;;;/h14-15,18-19,21-23,30H,6-13,16-17H2,1-5H3;3*1H;/q-1;;;;+4/p-3. The fraction of sp³-hybridized carbons (Fsp3) is 0.533. The smallest absolute Gasteiger partial charge is 1.00 e. The Morgan fingerprint density at radius 1 is 0.743 bits per heavy atom. The van der Waals surface area contributed by atoms with E-state index in [0.717, 1.165) is 0 Å². The number of allylic oxidation sites excluding steroid dienone is 1. The number of halogens is 3. The van der Waals surface area contributed by atoms with Crippen molar-refractivity contribution < 1.29 is 58.9 Å². The summed E-state index contributed by atoms with van der Waals surface area (Å²) in [4.78, 5) is 0. The molecule has 3 rings (SSSR count). The molecule has 0 aromatic heterocycles. The molecule has 35 heavy (non-hydrogen) atoms. The Hall–Kier alpha value is -0.0188. The molecule has 1 atom stereocenters. The van der Waals surface area contributed by atoms with E-state index in [1.54, 1.807) is 16.3 Å². The number of hydrogen-bond donors (Lipinski definition) is 0. The summed E-state index contributed by atoms with van der Waals surface area (Å²) in [5, 5.41) is 1.65. The van der Waals surface area contributed by atoms with Gasteiger partial charge < -0.3 is 37.2 Å². The Balaban J connectivity index is 0. The van der Waals surface area contributed by atoms with E-state index in [4.69, 9.17) is 0 Å². The maximum Gasteiger partial charge on any atom is 4.00 e. The molecule has 0 radical (unpaired) electrons. The molecule has 0 bridgehead atoms. The molecule has 0 saturated carbocycles. The fourth-order valence-corrected chi connectivity index (χ4v) is 9.04. The number of hydrogen-bond acceptors (Lipinski definition) is 0. The van der Waals surface area contributed by atoms with Crippen molar-refractivity contribution in [1.29, 1.82) is 0 Å². The van der Waals surface area contributed by atoms with Gasteiger partial charge in [0.1, 0.15) is 0 Å². The molecule has 0 heterocycles. The topological polar surface area (TPSA) is 0 Å². The van der Waals surface area contributed by atoms with Crippen molar-refractivity contribution in [3.05, 3.63) is 76.4 Å². The molecule has 1 unspecified atom stereocenters. The van der Waals surface area contributed by atoms with E-state index in [1.807, 2.05) is 0 Å². The van der Waals surface area contributed by atoms with Gasteiger partial charge in [-0.15, -0.1) is 23.3 Å². The van der Waals surface area contributed by atoms with Crippen LogP contribution in [0.2, 0.25) is 13.1 Å². The second kappa shape index (κ2) is 18.3. The van der Waals surface area contributed by atoms with E-state index in [0.29, 0.717) is 5.54 Å². The Kier molecular flexibility index (Phi) is 19.4. The average Bonchev–Trinajstić information content (AvgIpc) is 3.10. The largest absolute Gasteiger partial charge is 4.00 e. The molecule has 0 aliphatic heterocycles. The maximum atomic E-state index is 3.70. The van der Waals surface area contributed by atoms with E-state index >= 15 is 0 Å². The molecule has 2 aromatic carbocycles. The van der Waals surface area contributed by atoms with E-state index in [-0.39, 0.29) is 58.9 Å².